The van der Waals surface area contributed by atoms with E-state index in [-0.39, 0.29) is 66.7 Å². The van der Waals surface area contributed by atoms with Crippen molar-refractivity contribution < 1.29 is 43.5 Å². The number of carbonyl (C=O) groups is 4. The van der Waals surface area contributed by atoms with Crippen LogP contribution in [0.3, 0.4) is 0 Å². The van der Waals surface area contributed by atoms with Gasteiger partial charge in [-0.3, -0.25) is 24.0 Å². The number of Topliss-reactive ketones (excluding diaryl/α,β-unsaturated/α-hetero) is 1. The number of likely N-dealkylation sites (tertiary alicyclic amines) is 2. The van der Waals surface area contributed by atoms with Gasteiger partial charge in [0.15, 0.2) is 5.78 Å². The molecule has 5 N–H and O–H groups in total. The maximum absolute atomic E-state index is 14.2. The summed E-state index contributed by atoms with van der Waals surface area (Å²) < 4.78 is 11.9. The molecule has 2 heterocycles. The second kappa shape index (κ2) is 20.2. The highest BCUT2D eigenvalue weighted by atomic mass is 16.6. The number of likely N-dealkylation sites (N-methyl/N-ethyl adjacent to an activating group) is 2. The lowest BCUT2D eigenvalue weighted by molar-refractivity contribution is -0.150. The lowest BCUT2D eigenvalue weighted by atomic mass is 9.77. The Kier molecular flexibility index (Phi) is 17.8. The molecule has 14 nitrogen and oxygen atoms in total. The van der Waals surface area contributed by atoms with Gasteiger partial charge in [0.2, 0.25) is 17.7 Å². The molecule has 2 saturated heterocycles. The van der Waals surface area contributed by atoms with Gasteiger partial charge in [0, 0.05) is 53.1 Å². The minimum Gasteiger partial charge on any atom is -0.426 e. The molecular formula is C35H66BN5O9. The van der Waals surface area contributed by atoms with Crippen LogP contribution in [-0.2, 0) is 33.5 Å². The molecule has 0 unspecified atom stereocenters. The van der Waals surface area contributed by atoms with Gasteiger partial charge >= 0.3 is 7.12 Å². The first-order valence-electron chi connectivity index (χ1n) is 18.3. The van der Waals surface area contributed by atoms with Crippen molar-refractivity contribution in [2.45, 2.75) is 129 Å². The molecule has 2 fully saturated rings. The molecule has 0 aromatic heterocycles. The Hall–Kier alpha value is -2.14. The first-order chi connectivity index (χ1) is 23.5. The summed E-state index contributed by atoms with van der Waals surface area (Å²) >= 11 is 0. The van der Waals surface area contributed by atoms with Crippen LogP contribution in [0.4, 0.5) is 0 Å². The molecular weight excluding hydrogens is 645 g/mol. The molecule has 2 aliphatic rings. The summed E-state index contributed by atoms with van der Waals surface area (Å²) in [5, 5.41) is 22.8. The number of nitrogens with two attached hydrogens (primary N) is 1. The third kappa shape index (κ3) is 10.5. The fraction of sp³-hybridized carbons (Fsp3) is 0.886. The number of methoxy groups -OCH3 is 2. The molecule has 10 atom stereocenters. The van der Waals surface area contributed by atoms with Gasteiger partial charge in [0.25, 0.3) is 0 Å². The van der Waals surface area contributed by atoms with E-state index in [9.17, 15) is 29.2 Å². The number of hydrogen-bond acceptors (Lipinski definition) is 11. The van der Waals surface area contributed by atoms with E-state index in [0.29, 0.717) is 25.8 Å². The van der Waals surface area contributed by atoms with Crippen LogP contribution in [0.15, 0.2) is 0 Å². The second-order valence-corrected chi connectivity index (χ2v) is 15.1. The van der Waals surface area contributed by atoms with E-state index in [2.05, 4.69) is 5.32 Å². The largest absolute Gasteiger partial charge is 0.475 e. The zero-order chi connectivity index (χ0) is 38.0. The molecule has 15 heteroatoms. The van der Waals surface area contributed by atoms with Crippen molar-refractivity contribution >= 4 is 30.6 Å². The quantitative estimate of drug-likeness (QED) is 0.105. The van der Waals surface area contributed by atoms with E-state index in [1.807, 2.05) is 41.5 Å². The molecule has 50 heavy (non-hydrogen) atoms. The van der Waals surface area contributed by atoms with Gasteiger partial charge in [-0.15, -0.1) is 0 Å². The highest BCUT2D eigenvalue weighted by molar-refractivity contribution is 6.43. The number of ketones is 1. The van der Waals surface area contributed by atoms with Crippen LogP contribution in [0.1, 0.15) is 87.0 Å². The molecule has 0 saturated carbocycles. The predicted molar refractivity (Wildman–Crippen MR) is 191 cm³/mol. The lowest BCUT2D eigenvalue weighted by Crippen LogP contribution is -2.55. The SMILES string of the molecule is CC[C@H](C)[C@@H]([C@@H](CC(=O)N1C[C@H](ON)C[C@H]1[C@H](OC)[C@@H](C)C(=O)N1CCC[C@H]1B(O)O)OC)N(C)C(=O)[C@@H](CC(=O)[C@@H](NC)C(C)C)C(C)C. The number of nitrogens with zero attached hydrogens (tertiary/aromatic N) is 3. The molecule has 0 aromatic rings. The van der Waals surface area contributed by atoms with Crippen molar-refractivity contribution in [3.8, 4) is 0 Å². The number of carbonyl (C=O) groups excluding carboxylic acids is 4. The number of hydrogen-bond donors (Lipinski definition) is 4. The number of amides is 3. The van der Waals surface area contributed by atoms with Crippen LogP contribution in [0.2, 0.25) is 0 Å². The highest BCUT2D eigenvalue weighted by Gasteiger charge is 2.48. The predicted octanol–water partition coefficient (Wildman–Crippen LogP) is 1.25. The molecule has 0 radical (unpaired) electrons. The molecule has 3 amide bonds. The van der Waals surface area contributed by atoms with E-state index in [4.69, 9.17) is 20.2 Å². The third-order valence-electron chi connectivity index (χ3n) is 11.2. The van der Waals surface area contributed by atoms with Crippen molar-refractivity contribution in [2.24, 2.45) is 35.5 Å². The Bertz CT molecular complexity index is 1110. The number of nitrogens with one attached hydrogen (secondary N) is 1. The van der Waals surface area contributed by atoms with Crippen LogP contribution < -0.4 is 11.2 Å². The maximum Gasteiger partial charge on any atom is 0.475 e. The first kappa shape index (κ1) is 44.0. The van der Waals surface area contributed by atoms with Crippen molar-refractivity contribution in [1.29, 1.82) is 0 Å². The smallest absolute Gasteiger partial charge is 0.426 e. The second-order valence-electron chi connectivity index (χ2n) is 15.1. The fourth-order valence-electron chi connectivity index (χ4n) is 8.09. The Morgan fingerprint density at radius 1 is 1.00 bits per heavy atom. The van der Waals surface area contributed by atoms with Gasteiger partial charge in [-0.25, -0.2) is 5.90 Å². The summed E-state index contributed by atoms with van der Waals surface area (Å²) in [5.41, 5.74) is 0. The normalized spacial score (nSPS) is 23.8. The summed E-state index contributed by atoms with van der Waals surface area (Å²) in [4.78, 5) is 65.4. The number of rotatable bonds is 20. The van der Waals surface area contributed by atoms with Crippen LogP contribution in [0.25, 0.3) is 0 Å². The van der Waals surface area contributed by atoms with E-state index in [1.165, 1.54) is 19.1 Å². The van der Waals surface area contributed by atoms with Crippen LogP contribution in [-0.4, -0.2) is 139 Å². The van der Waals surface area contributed by atoms with E-state index >= 15 is 0 Å². The molecule has 0 spiro atoms. The van der Waals surface area contributed by atoms with Gasteiger partial charge < -0.3 is 39.5 Å². The van der Waals surface area contributed by atoms with E-state index < -0.39 is 55.3 Å². The van der Waals surface area contributed by atoms with Crippen LogP contribution in [0.5, 0.6) is 0 Å². The Labute approximate surface area is 300 Å². The number of ether oxygens (including phenoxy) is 2. The summed E-state index contributed by atoms with van der Waals surface area (Å²) in [6.07, 6.45) is 0.360. The minimum absolute atomic E-state index is 0.00791. The summed E-state index contributed by atoms with van der Waals surface area (Å²) in [7, 11) is 4.86. The Morgan fingerprint density at radius 2 is 1.64 bits per heavy atom. The molecule has 2 aliphatic heterocycles. The zero-order valence-corrected chi connectivity index (χ0v) is 32.3. The maximum atomic E-state index is 14.2. The van der Waals surface area contributed by atoms with Crippen LogP contribution >= 0.6 is 0 Å². The highest BCUT2D eigenvalue weighted by Crippen LogP contribution is 2.33. The van der Waals surface area contributed by atoms with Crippen molar-refractivity contribution in [2.75, 3.05) is 41.4 Å². The molecule has 0 aliphatic carbocycles. The molecule has 0 bridgehead atoms. The summed E-state index contributed by atoms with van der Waals surface area (Å²) in [6, 6.07) is -1.39. The van der Waals surface area contributed by atoms with Crippen molar-refractivity contribution in [1.82, 2.24) is 20.0 Å². The van der Waals surface area contributed by atoms with E-state index in [1.54, 1.807) is 30.8 Å². The molecule has 288 valence electrons. The lowest BCUT2D eigenvalue weighted by Gasteiger charge is -2.41. The fourth-order valence-corrected chi connectivity index (χ4v) is 8.09. The third-order valence-corrected chi connectivity index (χ3v) is 11.2. The van der Waals surface area contributed by atoms with Gasteiger partial charge in [0.05, 0.1) is 54.7 Å². The molecule has 2 rings (SSSR count). The van der Waals surface area contributed by atoms with E-state index in [0.717, 1.165) is 6.42 Å². The standard InChI is InChI=1S/C35H66BN5O9/c1-12-22(6)32(39(9)35(45)25(20(2)3)17-27(42)31(38-8)21(4)5)28(48-10)18-30(43)41-19-24(50-37)16-26(41)33(49-11)23(7)34(44)40-15-13-14-29(40)36(46)47/h20-26,28-29,31-33,38,46-47H,12-19,37H2,1-11H3/t22-,23+,24+,25-,26-,28+,29-,31-,32-,33+/m0/s1. The first-order valence-corrected chi connectivity index (χ1v) is 18.3. The van der Waals surface area contributed by atoms with Gasteiger partial charge in [-0.2, -0.15) is 0 Å². The van der Waals surface area contributed by atoms with Crippen LogP contribution in [0, 0.1) is 29.6 Å². The minimum atomic E-state index is -1.65. The average Bonchev–Trinajstić information content (AvgIpc) is 3.74. The van der Waals surface area contributed by atoms with Gasteiger partial charge in [-0.1, -0.05) is 54.9 Å². The van der Waals surface area contributed by atoms with Gasteiger partial charge in [-0.05, 0) is 37.6 Å². The van der Waals surface area contributed by atoms with Crippen molar-refractivity contribution in [3.05, 3.63) is 0 Å². The Balaban J connectivity index is 2.36. The topological polar surface area (TPSA) is 184 Å². The zero-order valence-electron chi connectivity index (χ0n) is 32.3. The summed E-state index contributed by atoms with van der Waals surface area (Å²) in [6.45, 7) is 14.2. The molecule has 0 aromatic carbocycles. The van der Waals surface area contributed by atoms with Crippen molar-refractivity contribution in [3.63, 3.8) is 0 Å². The Morgan fingerprint density at radius 3 is 2.12 bits per heavy atom. The summed E-state index contributed by atoms with van der Waals surface area (Å²) in [5.74, 6) is 2.90. The van der Waals surface area contributed by atoms with Gasteiger partial charge in [0.1, 0.15) is 0 Å². The average molecular weight is 712 g/mol. The monoisotopic (exact) mass is 711 g/mol.